The molecule has 0 fully saturated rings. The minimum atomic E-state index is -1.29. The van der Waals surface area contributed by atoms with Gasteiger partial charge in [-0.25, -0.2) is 0 Å². The van der Waals surface area contributed by atoms with Gasteiger partial charge in [-0.15, -0.1) is 11.8 Å². The average Bonchev–Trinajstić information content (AvgIpc) is 2.52. The number of ether oxygens (including phenoxy) is 1. The van der Waals surface area contributed by atoms with Gasteiger partial charge in [0, 0.05) is 17.3 Å². The smallest absolute Gasteiger partial charge is 0.307 e. The first kappa shape index (κ1) is 18.0. The number of carbonyl (C=O) groups is 3. The summed E-state index contributed by atoms with van der Waals surface area (Å²) in [5, 5.41) is 13.0. The monoisotopic (exact) mass is 324 g/mol. The quantitative estimate of drug-likeness (QED) is 0.557. The van der Waals surface area contributed by atoms with Crippen molar-refractivity contribution in [2.75, 3.05) is 13.4 Å². The summed E-state index contributed by atoms with van der Waals surface area (Å²) in [6.45, 7) is 0. The van der Waals surface area contributed by atoms with E-state index in [4.69, 9.17) is 0 Å². The van der Waals surface area contributed by atoms with Gasteiger partial charge in [-0.2, -0.15) is 0 Å². The van der Waals surface area contributed by atoms with Gasteiger partial charge < -0.3 is 20.0 Å². The molecule has 0 spiro atoms. The SMILES string of the molecule is COC(=O)C[C@H](NC(=O)CCC(=O)[O-])c1ccc(SC)cc1. The summed E-state index contributed by atoms with van der Waals surface area (Å²) < 4.78 is 4.63. The number of esters is 1. The van der Waals surface area contributed by atoms with Crippen molar-refractivity contribution in [3.05, 3.63) is 29.8 Å². The van der Waals surface area contributed by atoms with E-state index < -0.39 is 23.9 Å². The van der Waals surface area contributed by atoms with Gasteiger partial charge in [0.15, 0.2) is 0 Å². The van der Waals surface area contributed by atoms with E-state index in [1.54, 1.807) is 11.8 Å². The van der Waals surface area contributed by atoms with Gasteiger partial charge in [-0.05, 0) is 30.4 Å². The fraction of sp³-hybridized carbons (Fsp3) is 0.400. The molecule has 1 aromatic rings. The van der Waals surface area contributed by atoms with Crippen LogP contribution in [0.4, 0.5) is 0 Å². The molecule has 1 aromatic carbocycles. The molecule has 0 aliphatic heterocycles. The fourth-order valence-electron chi connectivity index (χ4n) is 1.82. The van der Waals surface area contributed by atoms with Crippen LogP contribution in [-0.4, -0.2) is 31.2 Å². The number of nitrogens with one attached hydrogen (secondary N) is 1. The van der Waals surface area contributed by atoms with Crippen molar-refractivity contribution in [3.8, 4) is 0 Å². The summed E-state index contributed by atoms with van der Waals surface area (Å²) in [7, 11) is 1.27. The van der Waals surface area contributed by atoms with E-state index in [9.17, 15) is 19.5 Å². The minimum absolute atomic E-state index is 0.0217. The second-order valence-electron chi connectivity index (χ2n) is 4.55. The van der Waals surface area contributed by atoms with Gasteiger partial charge in [0.25, 0.3) is 0 Å². The standard InChI is InChI=1S/C15H19NO5S/c1-21-15(20)9-12(16-13(17)7-8-14(18)19)10-3-5-11(22-2)6-4-10/h3-6,12H,7-9H2,1-2H3,(H,16,17)(H,18,19)/p-1/t12-/m0/s1. The Kier molecular flexibility index (Phi) is 7.45. The van der Waals surface area contributed by atoms with Crippen LogP contribution in [-0.2, 0) is 19.1 Å². The first-order chi connectivity index (χ1) is 10.5. The van der Waals surface area contributed by atoms with E-state index >= 15 is 0 Å². The Morgan fingerprint density at radius 1 is 1.23 bits per heavy atom. The molecule has 0 aliphatic carbocycles. The van der Waals surface area contributed by atoms with Gasteiger partial charge in [-0.3, -0.25) is 9.59 Å². The van der Waals surface area contributed by atoms with Gasteiger partial charge in [-0.1, -0.05) is 12.1 Å². The number of carboxylic acid groups (broad SMARTS) is 1. The van der Waals surface area contributed by atoms with Crippen molar-refractivity contribution < 1.29 is 24.2 Å². The fourth-order valence-corrected chi connectivity index (χ4v) is 2.23. The van der Waals surface area contributed by atoms with Crippen LogP contribution in [0.15, 0.2) is 29.2 Å². The lowest BCUT2D eigenvalue weighted by Gasteiger charge is -2.18. The number of amides is 1. The lowest BCUT2D eigenvalue weighted by Crippen LogP contribution is -2.32. The zero-order valence-corrected chi connectivity index (χ0v) is 13.3. The van der Waals surface area contributed by atoms with Crippen LogP contribution < -0.4 is 10.4 Å². The first-order valence-electron chi connectivity index (χ1n) is 6.66. The maximum Gasteiger partial charge on any atom is 0.307 e. The zero-order chi connectivity index (χ0) is 16.5. The molecule has 0 saturated carbocycles. The summed E-state index contributed by atoms with van der Waals surface area (Å²) in [5.41, 5.74) is 0.755. The highest BCUT2D eigenvalue weighted by atomic mass is 32.2. The number of benzene rings is 1. The van der Waals surface area contributed by atoms with Crippen molar-refractivity contribution in [1.82, 2.24) is 5.32 Å². The molecule has 7 heteroatoms. The number of hydrogen-bond acceptors (Lipinski definition) is 6. The maximum atomic E-state index is 11.8. The van der Waals surface area contributed by atoms with Crippen molar-refractivity contribution in [3.63, 3.8) is 0 Å². The Morgan fingerprint density at radius 3 is 2.36 bits per heavy atom. The number of methoxy groups -OCH3 is 1. The summed E-state index contributed by atoms with van der Waals surface area (Å²) >= 11 is 1.58. The van der Waals surface area contributed by atoms with Crippen molar-refractivity contribution in [1.29, 1.82) is 0 Å². The largest absolute Gasteiger partial charge is 0.550 e. The Balaban J connectivity index is 2.80. The highest BCUT2D eigenvalue weighted by Crippen LogP contribution is 2.22. The van der Waals surface area contributed by atoms with Crippen LogP contribution in [0, 0.1) is 0 Å². The third-order valence-corrected chi connectivity index (χ3v) is 3.75. The number of aliphatic carboxylic acids is 1. The highest BCUT2D eigenvalue weighted by molar-refractivity contribution is 7.98. The summed E-state index contributed by atoms with van der Waals surface area (Å²) in [5.74, 6) is -2.20. The van der Waals surface area contributed by atoms with E-state index in [0.717, 1.165) is 10.5 Å². The number of carboxylic acids is 1. The molecule has 1 N–H and O–H groups in total. The van der Waals surface area contributed by atoms with Crippen LogP contribution >= 0.6 is 11.8 Å². The molecule has 120 valence electrons. The van der Waals surface area contributed by atoms with Crippen molar-refractivity contribution >= 4 is 29.6 Å². The molecule has 0 aromatic heterocycles. The van der Waals surface area contributed by atoms with Crippen LogP contribution in [0.3, 0.4) is 0 Å². The molecular weight excluding hydrogens is 306 g/mol. The number of thioether (sulfide) groups is 1. The highest BCUT2D eigenvalue weighted by Gasteiger charge is 2.18. The number of carbonyl (C=O) groups excluding carboxylic acids is 3. The van der Waals surface area contributed by atoms with E-state index in [2.05, 4.69) is 10.1 Å². The first-order valence-corrected chi connectivity index (χ1v) is 7.88. The Morgan fingerprint density at radius 2 is 1.86 bits per heavy atom. The molecule has 0 saturated heterocycles. The topological polar surface area (TPSA) is 95.5 Å². The average molecular weight is 324 g/mol. The molecule has 1 rings (SSSR count). The second-order valence-corrected chi connectivity index (χ2v) is 5.43. The predicted octanol–water partition coefficient (Wildman–Crippen LogP) is 0.659. The van der Waals surface area contributed by atoms with Crippen LogP contribution in [0.2, 0.25) is 0 Å². The predicted molar refractivity (Wildman–Crippen MR) is 80.0 cm³/mol. The molecule has 0 bridgehead atoms. The molecule has 1 atom stereocenters. The molecular formula is C15H18NO5S-. The molecule has 0 radical (unpaired) electrons. The van der Waals surface area contributed by atoms with E-state index in [-0.39, 0.29) is 19.3 Å². The van der Waals surface area contributed by atoms with Crippen LogP contribution in [0.5, 0.6) is 0 Å². The van der Waals surface area contributed by atoms with E-state index in [1.165, 1.54) is 7.11 Å². The third-order valence-electron chi connectivity index (χ3n) is 3.01. The van der Waals surface area contributed by atoms with E-state index in [0.29, 0.717) is 0 Å². The molecule has 1 amide bonds. The second kappa shape index (κ2) is 9.09. The summed E-state index contributed by atoms with van der Waals surface area (Å²) in [6.07, 6.45) is 1.37. The molecule has 0 unspecified atom stereocenters. The molecule has 22 heavy (non-hydrogen) atoms. The third kappa shape index (κ3) is 6.17. The maximum absolute atomic E-state index is 11.8. The Labute approximate surface area is 133 Å². The number of rotatable bonds is 8. The van der Waals surface area contributed by atoms with Crippen LogP contribution in [0.1, 0.15) is 30.9 Å². The van der Waals surface area contributed by atoms with Crippen molar-refractivity contribution in [2.45, 2.75) is 30.2 Å². The van der Waals surface area contributed by atoms with Crippen molar-refractivity contribution in [2.24, 2.45) is 0 Å². The summed E-state index contributed by atoms with van der Waals surface area (Å²) in [6, 6.07) is 6.85. The van der Waals surface area contributed by atoms with Gasteiger partial charge in [0.05, 0.1) is 19.6 Å². The lowest BCUT2D eigenvalue weighted by atomic mass is 10.0. The Hall–Kier alpha value is -2.02. The Bertz CT molecular complexity index is 529. The normalized spacial score (nSPS) is 11.5. The van der Waals surface area contributed by atoms with Gasteiger partial charge >= 0.3 is 5.97 Å². The molecule has 0 heterocycles. The lowest BCUT2D eigenvalue weighted by molar-refractivity contribution is -0.305. The van der Waals surface area contributed by atoms with E-state index in [1.807, 2.05) is 30.5 Å². The summed E-state index contributed by atoms with van der Waals surface area (Å²) in [4.78, 5) is 34.7. The molecule has 0 aliphatic rings. The van der Waals surface area contributed by atoms with Crippen LogP contribution in [0.25, 0.3) is 0 Å². The molecule has 6 nitrogen and oxygen atoms in total. The number of hydrogen-bond donors (Lipinski definition) is 1. The van der Waals surface area contributed by atoms with Gasteiger partial charge in [0.1, 0.15) is 0 Å². The minimum Gasteiger partial charge on any atom is -0.550 e. The van der Waals surface area contributed by atoms with Gasteiger partial charge in [0.2, 0.25) is 5.91 Å². The zero-order valence-electron chi connectivity index (χ0n) is 12.5.